The molecule has 2 N–H and O–H groups in total. The highest BCUT2D eigenvalue weighted by atomic mass is 31.2. The Hall–Kier alpha value is -3.60. The Morgan fingerprint density at radius 2 is 0.703 bits per heavy atom. The normalized spacial score (nSPS) is 14.1. The first-order chi connectivity index (χ1) is 36.2. The van der Waals surface area contributed by atoms with Gasteiger partial charge in [0.05, 0.1) is 19.8 Å². The van der Waals surface area contributed by atoms with E-state index in [4.69, 9.17) is 23.3 Å². The molecule has 0 bridgehead atoms. The summed E-state index contributed by atoms with van der Waals surface area (Å²) in [4.78, 5) is 48.6. The van der Waals surface area contributed by atoms with Crippen LogP contribution in [0.3, 0.4) is 0 Å². The molecule has 0 saturated carbocycles. The molecule has 0 spiro atoms. The summed E-state index contributed by atoms with van der Waals surface area (Å²) >= 11 is 0. The minimum Gasteiger partial charge on any atom is -0.462 e. The lowest BCUT2D eigenvalue weighted by molar-refractivity contribution is -0.161. The van der Waals surface area contributed by atoms with E-state index in [2.05, 4.69) is 118 Å². The lowest BCUT2D eigenvalue weighted by Crippen LogP contribution is -2.30. The minimum atomic E-state index is -4.77. The standard InChI is InChI=1S/C62H105O11P/c1-4-7-10-13-16-19-22-25-28-29-32-33-36-39-42-45-48-51-60(64)69-55-59(73-62(66)53-50-47-44-41-38-35-31-27-24-21-18-15-12-9-6-3)57-71-74(67,68)70-56-58(54-63)72-61(65)52-49-46-43-40-37-34-30-26-23-20-17-14-11-8-5-2/h7,10,16-21,25-28,30-33,58-59,63H,4-6,8-9,11-15,22-24,29,34-57H2,1-3H3,(H,67,68)/b10-7-,19-16-,20-17-,21-18-,28-25-,30-26-,31-27-,33-32-. The number of phosphoric ester groups is 1. The molecule has 0 aliphatic heterocycles. The summed E-state index contributed by atoms with van der Waals surface area (Å²) in [6, 6.07) is 0. The maximum Gasteiger partial charge on any atom is 0.472 e. The molecule has 0 amide bonds. The first-order valence-electron chi connectivity index (χ1n) is 29.1. The number of rotatable bonds is 53. The summed E-state index contributed by atoms with van der Waals surface area (Å²) in [6.07, 6.45) is 65.0. The fraction of sp³-hybridized carbons (Fsp3) is 0.694. The van der Waals surface area contributed by atoms with Crippen molar-refractivity contribution in [2.24, 2.45) is 0 Å². The Labute approximate surface area is 451 Å². The van der Waals surface area contributed by atoms with Crippen LogP contribution in [0.1, 0.15) is 239 Å². The first kappa shape index (κ1) is 70.4. The van der Waals surface area contributed by atoms with Crippen LogP contribution in [0.4, 0.5) is 0 Å². The lowest BCUT2D eigenvalue weighted by Gasteiger charge is -2.21. The molecule has 0 aliphatic rings. The van der Waals surface area contributed by atoms with Gasteiger partial charge in [0.1, 0.15) is 12.7 Å². The highest BCUT2D eigenvalue weighted by Crippen LogP contribution is 2.43. The number of hydrogen-bond donors (Lipinski definition) is 2. The van der Waals surface area contributed by atoms with Gasteiger partial charge in [-0.3, -0.25) is 23.4 Å². The van der Waals surface area contributed by atoms with Crippen LogP contribution in [-0.4, -0.2) is 66.5 Å². The van der Waals surface area contributed by atoms with Crippen LogP contribution in [0.15, 0.2) is 97.2 Å². The smallest absolute Gasteiger partial charge is 0.462 e. The summed E-state index contributed by atoms with van der Waals surface area (Å²) in [5.41, 5.74) is 0. The van der Waals surface area contributed by atoms with Gasteiger partial charge in [0, 0.05) is 19.3 Å². The van der Waals surface area contributed by atoms with Crippen molar-refractivity contribution < 1.29 is 52.2 Å². The Morgan fingerprint density at radius 3 is 1.08 bits per heavy atom. The molecule has 0 fully saturated rings. The molecule has 424 valence electrons. The molecule has 0 radical (unpaired) electrons. The van der Waals surface area contributed by atoms with Gasteiger partial charge in [0.25, 0.3) is 0 Å². The number of allylic oxidation sites excluding steroid dienone is 16. The summed E-state index contributed by atoms with van der Waals surface area (Å²) in [6.45, 7) is 4.42. The van der Waals surface area contributed by atoms with Crippen molar-refractivity contribution >= 4 is 25.7 Å². The van der Waals surface area contributed by atoms with Gasteiger partial charge in [-0.1, -0.05) is 195 Å². The van der Waals surface area contributed by atoms with Crippen molar-refractivity contribution in [1.82, 2.24) is 0 Å². The van der Waals surface area contributed by atoms with Gasteiger partial charge in [-0.15, -0.1) is 0 Å². The molecule has 74 heavy (non-hydrogen) atoms. The topological polar surface area (TPSA) is 155 Å². The number of carbonyl (C=O) groups is 3. The lowest BCUT2D eigenvalue weighted by atomic mass is 10.1. The number of ether oxygens (including phenoxy) is 3. The van der Waals surface area contributed by atoms with Crippen molar-refractivity contribution in [2.45, 2.75) is 251 Å². The van der Waals surface area contributed by atoms with E-state index >= 15 is 0 Å². The average Bonchev–Trinajstić information content (AvgIpc) is 3.39. The number of aliphatic hydroxyl groups is 1. The van der Waals surface area contributed by atoms with Crippen LogP contribution < -0.4 is 0 Å². The third-order valence-electron chi connectivity index (χ3n) is 12.0. The predicted octanol–water partition coefficient (Wildman–Crippen LogP) is 17.3. The fourth-order valence-corrected chi connectivity index (χ4v) is 8.31. The number of unbranched alkanes of at least 4 members (excludes halogenated alkanes) is 20. The predicted molar refractivity (Wildman–Crippen MR) is 307 cm³/mol. The van der Waals surface area contributed by atoms with E-state index in [1.807, 2.05) is 0 Å². The Kier molecular flexibility index (Phi) is 52.9. The van der Waals surface area contributed by atoms with Crippen LogP contribution >= 0.6 is 7.82 Å². The summed E-state index contributed by atoms with van der Waals surface area (Å²) in [7, 11) is -4.77. The molecule has 0 aromatic carbocycles. The highest BCUT2D eigenvalue weighted by molar-refractivity contribution is 7.47. The molecule has 12 heteroatoms. The van der Waals surface area contributed by atoms with E-state index < -0.39 is 57.8 Å². The molecule has 3 unspecified atom stereocenters. The zero-order valence-electron chi connectivity index (χ0n) is 46.8. The van der Waals surface area contributed by atoms with Gasteiger partial charge in [0.2, 0.25) is 0 Å². The van der Waals surface area contributed by atoms with E-state index in [0.717, 1.165) is 141 Å². The second-order valence-electron chi connectivity index (χ2n) is 19.1. The molecule has 0 heterocycles. The van der Waals surface area contributed by atoms with Crippen molar-refractivity contribution in [3.05, 3.63) is 97.2 Å². The number of phosphoric acid groups is 1. The molecule has 11 nitrogen and oxygen atoms in total. The highest BCUT2D eigenvalue weighted by Gasteiger charge is 2.28. The average molecular weight is 1060 g/mol. The third-order valence-corrected chi connectivity index (χ3v) is 12.9. The third kappa shape index (κ3) is 53.2. The van der Waals surface area contributed by atoms with Crippen molar-refractivity contribution in [3.8, 4) is 0 Å². The van der Waals surface area contributed by atoms with Gasteiger partial charge in [-0.05, 0) is 122 Å². The molecule has 0 aromatic heterocycles. The van der Waals surface area contributed by atoms with Crippen LogP contribution in [0, 0.1) is 0 Å². The summed E-state index contributed by atoms with van der Waals surface area (Å²) in [5.74, 6) is -1.53. The summed E-state index contributed by atoms with van der Waals surface area (Å²) < 4.78 is 39.5. The van der Waals surface area contributed by atoms with Gasteiger partial charge in [-0.2, -0.15) is 0 Å². The van der Waals surface area contributed by atoms with Crippen molar-refractivity contribution in [1.29, 1.82) is 0 Å². The zero-order valence-corrected chi connectivity index (χ0v) is 47.7. The number of carbonyl (C=O) groups excluding carboxylic acids is 3. The van der Waals surface area contributed by atoms with E-state index in [-0.39, 0.29) is 25.9 Å². The van der Waals surface area contributed by atoms with E-state index in [9.17, 15) is 28.9 Å². The van der Waals surface area contributed by atoms with Crippen LogP contribution in [0.5, 0.6) is 0 Å². The Morgan fingerprint density at radius 1 is 0.392 bits per heavy atom. The quantitative estimate of drug-likeness (QED) is 0.0197. The van der Waals surface area contributed by atoms with Crippen LogP contribution in [0.25, 0.3) is 0 Å². The van der Waals surface area contributed by atoms with Crippen LogP contribution in [0.2, 0.25) is 0 Å². The van der Waals surface area contributed by atoms with Gasteiger partial charge in [0.15, 0.2) is 6.10 Å². The summed E-state index contributed by atoms with van der Waals surface area (Å²) in [5, 5.41) is 9.82. The van der Waals surface area contributed by atoms with Crippen molar-refractivity contribution in [2.75, 3.05) is 26.4 Å². The van der Waals surface area contributed by atoms with Crippen LogP contribution in [-0.2, 0) is 42.2 Å². The molecular weight excluding hydrogens is 952 g/mol. The Bertz CT molecular complexity index is 1610. The van der Waals surface area contributed by atoms with E-state index in [0.29, 0.717) is 19.3 Å². The monoisotopic (exact) mass is 1060 g/mol. The zero-order chi connectivity index (χ0) is 54.1. The Balaban J connectivity index is 4.80. The molecule has 0 rings (SSSR count). The maximum absolute atomic E-state index is 12.9. The number of esters is 3. The molecule has 0 aromatic rings. The van der Waals surface area contributed by atoms with Gasteiger partial charge in [-0.25, -0.2) is 4.57 Å². The van der Waals surface area contributed by atoms with E-state index in [1.165, 1.54) is 38.5 Å². The van der Waals surface area contributed by atoms with E-state index in [1.54, 1.807) is 0 Å². The second kappa shape index (κ2) is 55.6. The van der Waals surface area contributed by atoms with Crippen molar-refractivity contribution in [3.63, 3.8) is 0 Å². The SMILES string of the molecule is CC/C=C\C/C=C\C/C=C\C/C=C\CCCCCCC(=O)OCC(COP(=O)(O)OCC(CO)OC(=O)CCCCCCC/C=C\C/C=C\CCCCC)OC(=O)CCCCCCC/C=C\C/C=C\CCCCC. The maximum atomic E-state index is 12.9. The van der Waals surface area contributed by atoms with Gasteiger partial charge >= 0.3 is 25.7 Å². The number of aliphatic hydroxyl groups excluding tert-OH is 1. The number of hydrogen-bond acceptors (Lipinski definition) is 10. The fourth-order valence-electron chi connectivity index (χ4n) is 7.52. The minimum absolute atomic E-state index is 0.141. The molecular formula is C62H105O11P. The van der Waals surface area contributed by atoms with Gasteiger partial charge < -0.3 is 24.2 Å². The molecule has 0 aliphatic carbocycles. The first-order valence-corrected chi connectivity index (χ1v) is 30.6. The molecule has 3 atom stereocenters. The largest absolute Gasteiger partial charge is 0.472 e. The second-order valence-corrected chi connectivity index (χ2v) is 20.5. The molecule has 0 saturated heterocycles.